The van der Waals surface area contributed by atoms with Crippen LogP contribution in [0, 0.1) is 0 Å². The van der Waals surface area contributed by atoms with E-state index >= 15 is 0 Å². The van der Waals surface area contributed by atoms with E-state index in [0.717, 1.165) is 5.56 Å². The second kappa shape index (κ2) is 4.11. The molecule has 0 amide bonds. The molecule has 0 bridgehead atoms. The summed E-state index contributed by atoms with van der Waals surface area (Å²) in [5.41, 5.74) is 0.722. The van der Waals surface area contributed by atoms with Crippen LogP contribution in [0.2, 0.25) is 0 Å². The van der Waals surface area contributed by atoms with Gasteiger partial charge >= 0.3 is 0 Å². The van der Waals surface area contributed by atoms with Crippen LogP contribution in [0.1, 0.15) is 25.5 Å². The first-order valence-electron chi connectivity index (χ1n) is 4.48. The van der Waals surface area contributed by atoms with Crippen molar-refractivity contribution in [3.05, 3.63) is 29.8 Å². The Morgan fingerprint density at radius 2 is 1.79 bits per heavy atom. The second-order valence-corrected chi connectivity index (χ2v) is 5.43. The molecule has 0 spiro atoms. The lowest BCUT2D eigenvalue weighted by Gasteiger charge is -2.05. The molecule has 0 saturated carbocycles. The summed E-state index contributed by atoms with van der Waals surface area (Å²) in [6.07, 6.45) is -0.562. The van der Waals surface area contributed by atoms with Gasteiger partial charge in [-0.2, -0.15) is 0 Å². The molecule has 1 rings (SSSR count). The Morgan fingerprint density at radius 3 is 2.14 bits per heavy atom. The molecule has 0 aliphatic rings. The van der Waals surface area contributed by atoms with Crippen LogP contribution < -0.4 is 0 Å². The van der Waals surface area contributed by atoms with Crippen molar-refractivity contribution in [2.24, 2.45) is 0 Å². The fourth-order valence-electron chi connectivity index (χ4n) is 1.12. The molecule has 1 N–H and O–H groups in total. The highest BCUT2D eigenvalue weighted by molar-refractivity contribution is 7.91. The second-order valence-electron chi connectivity index (χ2n) is 3.15. The highest BCUT2D eigenvalue weighted by Crippen LogP contribution is 2.16. The average molecular weight is 214 g/mol. The summed E-state index contributed by atoms with van der Waals surface area (Å²) in [4.78, 5) is 0.310. The van der Waals surface area contributed by atoms with Gasteiger partial charge in [-0.3, -0.25) is 0 Å². The summed E-state index contributed by atoms with van der Waals surface area (Å²) < 4.78 is 22.8. The molecule has 1 aromatic rings. The van der Waals surface area contributed by atoms with E-state index in [4.69, 9.17) is 0 Å². The van der Waals surface area contributed by atoms with Crippen molar-refractivity contribution < 1.29 is 13.5 Å². The maximum absolute atomic E-state index is 11.4. The predicted molar refractivity (Wildman–Crippen MR) is 54.8 cm³/mol. The van der Waals surface area contributed by atoms with Gasteiger partial charge in [0, 0.05) is 0 Å². The monoisotopic (exact) mass is 214 g/mol. The molecule has 0 heterocycles. The largest absolute Gasteiger partial charge is 0.389 e. The van der Waals surface area contributed by atoms with Crippen LogP contribution in [0.4, 0.5) is 0 Å². The number of sulfone groups is 1. The maximum Gasteiger partial charge on any atom is 0.178 e. The van der Waals surface area contributed by atoms with Crippen molar-refractivity contribution in [2.45, 2.75) is 24.8 Å². The van der Waals surface area contributed by atoms with E-state index in [-0.39, 0.29) is 5.75 Å². The Kier molecular flexibility index (Phi) is 3.29. The molecule has 3 nitrogen and oxygen atoms in total. The van der Waals surface area contributed by atoms with E-state index < -0.39 is 15.9 Å². The summed E-state index contributed by atoms with van der Waals surface area (Å²) in [6, 6.07) is 6.32. The normalized spacial score (nSPS) is 13.9. The zero-order chi connectivity index (χ0) is 10.8. The molecule has 1 aromatic carbocycles. The Bertz CT molecular complexity index is 390. The van der Waals surface area contributed by atoms with Gasteiger partial charge < -0.3 is 5.11 Å². The third kappa shape index (κ3) is 2.33. The van der Waals surface area contributed by atoms with Crippen LogP contribution >= 0.6 is 0 Å². The molecular formula is C10H14O3S. The van der Waals surface area contributed by atoms with Crippen LogP contribution in [0.15, 0.2) is 29.2 Å². The molecule has 0 aliphatic heterocycles. The third-order valence-corrected chi connectivity index (χ3v) is 3.85. The van der Waals surface area contributed by atoms with Crippen LogP contribution in [-0.4, -0.2) is 19.3 Å². The van der Waals surface area contributed by atoms with Gasteiger partial charge in [-0.15, -0.1) is 0 Å². The smallest absolute Gasteiger partial charge is 0.178 e. The van der Waals surface area contributed by atoms with E-state index in [2.05, 4.69) is 0 Å². The first-order chi connectivity index (χ1) is 6.47. The molecule has 1 atom stereocenters. The number of aliphatic hydroxyl groups is 1. The van der Waals surface area contributed by atoms with Crippen molar-refractivity contribution in [2.75, 3.05) is 5.75 Å². The van der Waals surface area contributed by atoms with E-state index in [0.29, 0.717) is 4.90 Å². The molecule has 14 heavy (non-hydrogen) atoms. The van der Waals surface area contributed by atoms with E-state index in [1.54, 1.807) is 26.0 Å². The molecule has 0 fully saturated rings. The first-order valence-corrected chi connectivity index (χ1v) is 6.13. The number of hydrogen-bond donors (Lipinski definition) is 1. The van der Waals surface area contributed by atoms with Crippen molar-refractivity contribution in [3.8, 4) is 0 Å². The zero-order valence-electron chi connectivity index (χ0n) is 8.27. The fourth-order valence-corrected chi connectivity index (χ4v) is 2.00. The van der Waals surface area contributed by atoms with E-state index in [1.165, 1.54) is 12.1 Å². The summed E-state index contributed by atoms with van der Waals surface area (Å²) in [7, 11) is -3.12. The average Bonchev–Trinajstić information content (AvgIpc) is 2.18. The van der Waals surface area contributed by atoms with Gasteiger partial charge in [-0.25, -0.2) is 8.42 Å². The third-order valence-electron chi connectivity index (χ3n) is 2.10. The minimum Gasteiger partial charge on any atom is -0.389 e. The number of rotatable bonds is 3. The van der Waals surface area contributed by atoms with Gasteiger partial charge in [0.2, 0.25) is 0 Å². The van der Waals surface area contributed by atoms with Gasteiger partial charge in [0.25, 0.3) is 0 Å². The predicted octanol–water partition coefficient (Wildman–Crippen LogP) is 1.53. The lowest BCUT2D eigenvalue weighted by molar-refractivity contribution is 0.199. The topological polar surface area (TPSA) is 54.4 Å². The van der Waals surface area contributed by atoms with Gasteiger partial charge in [0.1, 0.15) is 0 Å². The SMILES string of the molecule is CCS(=O)(=O)c1ccc(C(C)O)cc1. The molecular weight excluding hydrogens is 200 g/mol. The Balaban J connectivity index is 3.06. The number of aliphatic hydroxyl groups excluding tert-OH is 1. The van der Waals surface area contributed by atoms with Gasteiger partial charge in [0.05, 0.1) is 16.8 Å². The van der Waals surface area contributed by atoms with E-state index in [9.17, 15) is 13.5 Å². The first kappa shape index (κ1) is 11.2. The molecule has 1 unspecified atom stereocenters. The fraction of sp³-hybridized carbons (Fsp3) is 0.400. The Hall–Kier alpha value is -0.870. The van der Waals surface area contributed by atoms with Gasteiger partial charge in [-0.05, 0) is 24.6 Å². The van der Waals surface area contributed by atoms with Crippen molar-refractivity contribution in [1.29, 1.82) is 0 Å². The summed E-state index contributed by atoms with van der Waals surface area (Å²) in [5.74, 6) is 0.0982. The standard InChI is InChI=1S/C10H14O3S/c1-3-14(12,13)10-6-4-9(5-7-10)8(2)11/h4-8,11H,3H2,1-2H3. The molecule has 0 radical (unpaired) electrons. The van der Waals surface area contributed by atoms with Crippen LogP contribution in [0.25, 0.3) is 0 Å². The molecule has 0 saturated heterocycles. The summed E-state index contributed by atoms with van der Waals surface area (Å²) in [5, 5.41) is 9.23. The minimum atomic E-state index is -3.12. The van der Waals surface area contributed by atoms with Crippen molar-refractivity contribution >= 4 is 9.84 Å². The van der Waals surface area contributed by atoms with Crippen LogP contribution in [0.3, 0.4) is 0 Å². The Morgan fingerprint density at radius 1 is 1.29 bits per heavy atom. The van der Waals surface area contributed by atoms with Crippen LogP contribution in [0.5, 0.6) is 0 Å². The van der Waals surface area contributed by atoms with Crippen molar-refractivity contribution in [1.82, 2.24) is 0 Å². The molecule has 78 valence electrons. The lowest BCUT2D eigenvalue weighted by Crippen LogP contribution is -2.03. The quantitative estimate of drug-likeness (QED) is 0.830. The van der Waals surface area contributed by atoms with Crippen molar-refractivity contribution in [3.63, 3.8) is 0 Å². The Labute approximate surface area is 84.3 Å². The van der Waals surface area contributed by atoms with Crippen LogP contribution in [-0.2, 0) is 9.84 Å². The highest BCUT2D eigenvalue weighted by Gasteiger charge is 2.11. The maximum atomic E-state index is 11.4. The number of benzene rings is 1. The van der Waals surface area contributed by atoms with Gasteiger partial charge in [-0.1, -0.05) is 19.1 Å². The molecule has 0 aromatic heterocycles. The molecule has 4 heteroatoms. The lowest BCUT2D eigenvalue weighted by atomic mass is 10.1. The zero-order valence-corrected chi connectivity index (χ0v) is 9.08. The summed E-state index contributed by atoms with van der Waals surface area (Å²) >= 11 is 0. The highest BCUT2D eigenvalue weighted by atomic mass is 32.2. The minimum absolute atomic E-state index is 0.0982. The number of hydrogen-bond acceptors (Lipinski definition) is 3. The summed E-state index contributed by atoms with van der Waals surface area (Å²) in [6.45, 7) is 3.25. The van der Waals surface area contributed by atoms with E-state index in [1.807, 2.05) is 0 Å². The van der Waals surface area contributed by atoms with Gasteiger partial charge in [0.15, 0.2) is 9.84 Å². The molecule has 0 aliphatic carbocycles.